The lowest BCUT2D eigenvalue weighted by Crippen LogP contribution is -2.30. The lowest BCUT2D eigenvalue weighted by molar-refractivity contribution is -0.120. The Morgan fingerprint density at radius 3 is 2.50 bits per heavy atom. The number of anilines is 1. The number of halogens is 2. The molecule has 5 heteroatoms. The van der Waals surface area contributed by atoms with Crippen LogP contribution in [0.4, 0.5) is 5.69 Å². The smallest absolute Gasteiger partial charge is 0.261 e. The van der Waals surface area contributed by atoms with Gasteiger partial charge in [0.05, 0.1) is 10.7 Å². The molecule has 0 saturated heterocycles. The molecule has 0 radical (unpaired) electrons. The van der Waals surface area contributed by atoms with Gasteiger partial charge < -0.3 is 0 Å². The van der Waals surface area contributed by atoms with Crippen LogP contribution in [0.15, 0.2) is 34.3 Å². The molecule has 0 atom stereocenters. The Labute approximate surface area is 106 Å². The predicted octanol–water partition coefficient (Wildman–Crippen LogP) is 2.92. The quantitative estimate of drug-likeness (QED) is 0.748. The van der Waals surface area contributed by atoms with Crippen LogP contribution < -0.4 is 4.90 Å². The highest BCUT2D eigenvalue weighted by molar-refractivity contribution is 9.10. The van der Waals surface area contributed by atoms with Crippen molar-refractivity contribution in [2.45, 2.75) is 6.92 Å². The van der Waals surface area contributed by atoms with Crippen molar-refractivity contribution in [1.29, 1.82) is 0 Å². The minimum Gasteiger partial charge on any atom is -0.269 e. The molecule has 0 unspecified atom stereocenters. The van der Waals surface area contributed by atoms with Gasteiger partial charge in [0.15, 0.2) is 0 Å². The highest BCUT2D eigenvalue weighted by atomic mass is 79.9. The molecule has 0 N–H and O–H groups in total. The van der Waals surface area contributed by atoms with Gasteiger partial charge in [-0.2, -0.15) is 0 Å². The van der Waals surface area contributed by atoms with Crippen LogP contribution in [0.3, 0.4) is 0 Å². The molecule has 0 saturated carbocycles. The third-order valence-electron chi connectivity index (χ3n) is 2.25. The van der Waals surface area contributed by atoms with Crippen molar-refractivity contribution in [3.8, 4) is 0 Å². The molecule has 82 valence electrons. The number of imide groups is 1. The second kappa shape index (κ2) is 4.03. The van der Waals surface area contributed by atoms with Crippen LogP contribution in [0.25, 0.3) is 0 Å². The average Bonchev–Trinajstić information content (AvgIpc) is 2.43. The lowest BCUT2D eigenvalue weighted by atomic mass is 10.3. The maximum absolute atomic E-state index is 11.7. The van der Waals surface area contributed by atoms with Crippen LogP contribution in [-0.4, -0.2) is 11.8 Å². The standard InChI is InChI=1S/C11H7BrClNO2/c1-6-4-10(15)14(11(6)16)9-3-2-7(12)5-8(9)13/h2-5H,1H3. The maximum atomic E-state index is 11.7. The number of carbonyl (C=O) groups is 2. The molecule has 0 bridgehead atoms. The predicted molar refractivity (Wildman–Crippen MR) is 65.4 cm³/mol. The van der Waals surface area contributed by atoms with E-state index < -0.39 is 0 Å². The summed E-state index contributed by atoms with van der Waals surface area (Å²) >= 11 is 9.25. The number of hydrogen-bond acceptors (Lipinski definition) is 2. The molecular weight excluding hydrogens is 293 g/mol. The van der Waals surface area contributed by atoms with E-state index in [9.17, 15) is 9.59 Å². The third-order valence-corrected chi connectivity index (χ3v) is 3.05. The molecule has 0 aliphatic carbocycles. The van der Waals surface area contributed by atoms with Crippen molar-refractivity contribution < 1.29 is 9.59 Å². The number of carbonyl (C=O) groups excluding carboxylic acids is 2. The first-order valence-corrected chi connectivity index (χ1v) is 5.69. The van der Waals surface area contributed by atoms with E-state index in [0.717, 1.165) is 9.37 Å². The molecule has 1 aromatic rings. The van der Waals surface area contributed by atoms with Crippen LogP contribution in [0.1, 0.15) is 6.92 Å². The van der Waals surface area contributed by atoms with Crippen molar-refractivity contribution >= 4 is 45.0 Å². The number of nitrogens with zero attached hydrogens (tertiary/aromatic N) is 1. The normalized spacial score (nSPS) is 15.7. The van der Waals surface area contributed by atoms with Gasteiger partial charge in [0.1, 0.15) is 0 Å². The van der Waals surface area contributed by atoms with Gasteiger partial charge in [-0.25, -0.2) is 4.90 Å². The Balaban J connectivity index is 2.47. The van der Waals surface area contributed by atoms with Gasteiger partial charge in [0.25, 0.3) is 11.8 Å². The Bertz CT molecular complexity index is 525. The number of amides is 2. The molecule has 3 nitrogen and oxygen atoms in total. The summed E-state index contributed by atoms with van der Waals surface area (Å²) < 4.78 is 0.796. The summed E-state index contributed by atoms with van der Waals surface area (Å²) in [7, 11) is 0. The fraction of sp³-hybridized carbons (Fsp3) is 0.0909. The van der Waals surface area contributed by atoms with Crippen molar-refractivity contribution in [3.05, 3.63) is 39.3 Å². The second-order valence-corrected chi connectivity index (χ2v) is 4.72. The summed E-state index contributed by atoms with van der Waals surface area (Å²) in [4.78, 5) is 24.4. The van der Waals surface area contributed by atoms with Crippen LogP contribution in [0.2, 0.25) is 5.02 Å². The molecule has 1 aliphatic rings. The molecule has 1 heterocycles. The summed E-state index contributed by atoms with van der Waals surface area (Å²) in [6.07, 6.45) is 1.31. The highest BCUT2D eigenvalue weighted by Gasteiger charge is 2.30. The minimum absolute atomic E-state index is 0.325. The molecule has 2 amide bonds. The molecule has 0 spiro atoms. The van der Waals surface area contributed by atoms with Crippen LogP contribution in [-0.2, 0) is 9.59 Å². The monoisotopic (exact) mass is 299 g/mol. The van der Waals surface area contributed by atoms with E-state index in [1.54, 1.807) is 25.1 Å². The zero-order chi connectivity index (χ0) is 11.9. The summed E-state index contributed by atoms with van der Waals surface area (Å²) in [5.74, 6) is -0.680. The van der Waals surface area contributed by atoms with Crippen molar-refractivity contribution in [1.82, 2.24) is 0 Å². The summed E-state index contributed by atoms with van der Waals surface area (Å²) in [6.45, 7) is 1.60. The largest absolute Gasteiger partial charge is 0.269 e. The Hall–Kier alpha value is -1.13. The van der Waals surface area contributed by atoms with E-state index in [0.29, 0.717) is 16.3 Å². The van der Waals surface area contributed by atoms with Crippen molar-refractivity contribution in [2.75, 3.05) is 4.90 Å². The van der Waals surface area contributed by atoms with Crippen LogP contribution >= 0.6 is 27.5 Å². The molecule has 1 aromatic carbocycles. The van der Waals surface area contributed by atoms with Gasteiger partial charge in [-0.15, -0.1) is 0 Å². The summed E-state index contributed by atoms with van der Waals surface area (Å²) in [6, 6.07) is 5.01. The van der Waals surface area contributed by atoms with Crippen LogP contribution in [0.5, 0.6) is 0 Å². The summed E-state index contributed by atoms with van der Waals surface area (Å²) in [5, 5.41) is 0.360. The van der Waals surface area contributed by atoms with Gasteiger partial charge in [-0.1, -0.05) is 27.5 Å². The number of hydrogen-bond donors (Lipinski definition) is 0. The molecule has 2 rings (SSSR count). The first-order chi connectivity index (χ1) is 7.50. The van der Waals surface area contributed by atoms with Gasteiger partial charge in [0, 0.05) is 16.1 Å². The Morgan fingerprint density at radius 2 is 2.00 bits per heavy atom. The van der Waals surface area contributed by atoms with Crippen LogP contribution in [0, 0.1) is 0 Å². The maximum Gasteiger partial charge on any atom is 0.261 e. The lowest BCUT2D eigenvalue weighted by Gasteiger charge is -2.16. The first-order valence-electron chi connectivity index (χ1n) is 4.52. The van der Waals surface area contributed by atoms with E-state index in [1.165, 1.54) is 6.08 Å². The molecule has 0 aromatic heterocycles. The third kappa shape index (κ3) is 1.79. The Morgan fingerprint density at radius 1 is 1.31 bits per heavy atom. The Kier molecular flexibility index (Phi) is 2.86. The van der Waals surface area contributed by atoms with E-state index >= 15 is 0 Å². The fourth-order valence-corrected chi connectivity index (χ4v) is 2.24. The molecule has 0 fully saturated rings. The van der Waals surface area contributed by atoms with E-state index in [1.807, 2.05) is 0 Å². The molecule has 1 aliphatic heterocycles. The van der Waals surface area contributed by atoms with E-state index in [-0.39, 0.29) is 11.8 Å². The molecular formula is C11H7BrClNO2. The molecule has 16 heavy (non-hydrogen) atoms. The average molecular weight is 301 g/mol. The van der Waals surface area contributed by atoms with E-state index in [2.05, 4.69) is 15.9 Å². The second-order valence-electron chi connectivity index (χ2n) is 3.40. The van der Waals surface area contributed by atoms with Gasteiger partial charge in [-0.3, -0.25) is 9.59 Å². The van der Waals surface area contributed by atoms with Gasteiger partial charge in [0.2, 0.25) is 0 Å². The number of benzene rings is 1. The topological polar surface area (TPSA) is 37.4 Å². The fourth-order valence-electron chi connectivity index (χ4n) is 1.48. The minimum atomic E-state index is -0.355. The first kappa shape index (κ1) is 11.4. The van der Waals surface area contributed by atoms with Crippen molar-refractivity contribution in [2.24, 2.45) is 0 Å². The van der Waals surface area contributed by atoms with Gasteiger partial charge >= 0.3 is 0 Å². The zero-order valence-corrected chi connectivity index (χ0v) is 10.7. The summed E-state index contributed by atoms with van der Waals surface area (Å²) in [5.41, 5.74) is 0.831. The SMILES string of the molecule is CC1=CC(=O)N(c2ccc(Br)cc2Cl)C1=O. The highest BCUT2D eigenvalue weighted by Crippen LogP contribution is 2.31. The van der Waals surface area contributed by atoms with Gasteiger partial charge in [-0.05, 0) is 25.1 Å². The number of rotatable bonds is 1. The van der Waals surface area contributed by atoms with Crippen molar-refractivity contribution in [3.63, 3.8) is 0 Å². The van der Waals surface area contributed by atoms with E-state index in [4.69, 9.17) is 11.6 Å². The zero-order valence-electron chi connectivity index (χ0n) is 8.33.